The minimum Gasteiger partial charge on any atom is -0.481 e. The molecule has 98 valence electrons. The van der Waals surface area contributed by atoms with Crippen molar-refractivity contribution in [3.63, 3.8) is 0 Å². The number of carboxylic acids is 1. The van der Waals surface area contributed by atoms with E-state index in [1.54, 1.807) is 0 Å². The molecular weight excluding hydrogens is 228 g/mol. The number of nitrogens with zero attached hydrogens (tertiary/aromatic N) is 1. The smallest absolute Gasteiger partial charge is 0.304 e. The molecule has 1 aromatic carbocycles. The van der Waals surface area contributed by atoms with Crippen LogP contribution in [0.2, 0.25) is 0 Å². The lowest BCUT2D eigenvalue weighted by atomic mass is 9.96. The Hall–Kier alpha value is -1.39. The molecule has 2 atom stereocenters. The van der Waals surface area contributed by atoms with Crippen molar-refractivity contribution >= 4 is 5.97 Å². The Bertz CT molecular complexity index is 394. The number of nitrogens with two attached hydrogens (primary N) is 1. The summed E-state index contributed by atoms with van der Waals surface area (Å²) in [6.45, 7) is 1.57. The first-order chi connectivity index (χ1) is 8.65. The van der Waals surface area contributed by atoms with Gasteiger partial charge in [0.05, 0.1) is 6.42 Å². The summed E-state index contributed by atoms with van der Waals surface area (Å²) in [5, 5.41) is 8.96. The van der Waals surface area contributed by atoms with Crippen LogP contribution in [0, 0.1) is 0 Å². The van der Waals surface area contributed by atoms with E-state index >= 15 is 0 Å². The van der Waals surface area contributed by atoms with Crippen molar-refractivity contribution in [3.8, 4) is 0 Å². The molecule has 1 fully saturated rings. The van der Waals surface area contributed by atoms with E-state index in [0.717, 1.165) is 25.9 Å². The molecule has 0 amide bonds. The minimum absolute atomic E-state index is 0.113. The number of rotatable bonds is 4. The van der Waals surface area contributed by atoms with Gasteiger partial charge in [0.2, 0.25) is 0 Å². The molecule has 0 saturated carbocycles. The molecule has 1 saturated heterocycles. The molecule has 0 bridgehead atoms. The molecule has 0 aromatic heterocycles. The molecule has 2 rings (SSSR count). The highest BCUT2D eigenvalue weighted by Crippen LogP contribution is 2.21. The topological polar surface area (TPSA) is 66.6 Å². The first-order valence-electron chi connectivity index (χ1n) is 6.40. The molecule has 0 spiro atoms. The second-order valence-corrected chi connectivity index (χ2v) is 5.00. The summed E-state index contributed by atoms with van der Waals surface area (Å²) < 4.78 is 0. The van der Waals surface area contributed by atoms with E-state index in [0.29, 0.717) is 0 Å². The lowest BCUT2D eigenvalue weighted by molar-refractivity contribution is -0.138. The molecule has 4 heteroatoms. The van der Waals surface area contributed by atoms with Crippen LogP contribution < -0.4 is 5.73 Å². The van der Waals surface area contributed by atoms with Crippen LogP contribution in [0.15, 0.2) is 30.3 Å². The predicted octanol–water partition coefficient (Wildman–Crippen LogP) is 1.45. The van der Waals surface area contributed by atoms with E-state index in [1.807, 2.05) is 18.2 Å². The molecule has 1 aliphatic rings. The van der Waals surface area contributed by atoms with E-state index in [-0.39, 0.29) is 18.5 Å². The summed E-state index contributed by atoms with van der Waals surface area (Å²) in [7, 11) is 0. The maximum atomic E-state index is 10.9. The fourth-order valence-corrected chi connectivity index (χ4v) is 2.57. The predicted molar refractivity (Wildman–Crippen MR) is 70.1 cm³/mol. The first-order valence-corrected chi connectivity index (χ1v) is 6.40. The second kappa shape index (κ2) is 5.98. The van der Waals surface area contributed by atoms with E-state index in [1.165, 1.54) is 5.56 Å². The quantitative estimate of drug-likeness (QED) is 0.846. The van der Waals surface area contributed by atoms with E-state index in [2.05, 4.69) is 17.0 Å². The average molecular weight is 248 g/mol. The van der Waals surface area contributed by atoms with Gasteiger partial charge in [-0.05, 0) is 18.4 Å². The van der Waals surface area contributed by atoms with Gasteiger partial charge in [-0.1, -0.05) is 30.3 Å². The summed E-state index contributed by atoms with van der Waals surface area (Å²) >= 11 is 0. The number of hydrogen-bond acceptors (Lipinski definition) is 3. The molecule has 0 aliphatic carbocycles. The highest BCUT2D eigenvalue weighted by atomic mass is 16.4. The van der Waals surface area contributed by atoms with Gasteiger partial charge in [0.1, 0.15) is 0 Å². The van der Waals surface area contributed by atoms with Gasteiger partial charge in [-0.15, -0.1) is 0 Å². The monoisotopic (exact) mass is 248 g/mol. The maximum absolute atomic E-state index is 10.9. The van der Waals surface area contributed by atoms with Crippen molar-refractivity contribution in [2.75, 3.05) is 6.54 Å². The van der Waals surface area contributed by atoms with Crippen molar-refractivity contribution in [1.82, 2.24) is 4.90 Å². The van der Waals surface area contributed by atoms with Crippen molar-refractivity contribution < 1.29 is 9.90 Å². The van der Waals surface area contributed by atoms with Crippen LogP contribution in [0.3, 0.4) is 0 Å². The lowest BCUT2D eigenvalue weighted by Crippen LogP contribution is -2.48. The molecule has 1 aromatic rings. The molecular formula is C14H20N2O2. The largest absolute Gasteiger partial charge is 0.481 e. The van der Waals surface area contributed by atoms with Gasteiger partial charge >= 0.3 is 5.97 Å². The third-order valence-corrected chi connectivity index (χ3v) is 3.49. The van der Waals surface area contributed by atoms with Crippen LogP contribution in [0.25, 0.3) is 0 Å². The molecule has 1 aliphatic heterocycles. The number of piperidine rings is 1. The molecule has 2 unspecified atom stereocenters. The Morgan fingerprint density at radius 2 is 2.06 bits per heavy atom. The van der Waals surface area contributed by atoms with E-state index < -0.39 is 5.97 Å². The van der Waals surface area contributed by atoms with Gasteiger partial charge in [0.25, 0.3) is 0 Å². The summed E-state index contributed by atoms with van der Waals surface area (Å²) in [6, 6.07) is 10.4. The van der Waals surface area contributed by atoms with Crippen LogP contribution in [-0.4, -0.2) is 34.6 Å². The van der Waals surface area contributed by atoms with Crippen molar-refractivity contribution in [2.24, 2.45) is 5.73 Å². The number of hydrogen-bond donors (Lipinski definition) is 2. The van der Waals surface area contributed by atoms with Crippen LogP contribution in [-0.2, 0) is 11.3 Å². The van der Waals surface area contributed by atoms with Gasteiger partial charge in [-0.25, -0.2) is 0 Å². The van der Waals surface area contributed by atoms with Gasteiger partial charge in [0, 0.05) is 25.2 Å². The Labute approximate surface area is 107 Å². The fourth-order valence-electron chi connectivity index (χ4n) is 2.57. The minimum atomic E-state index is -0.728. The van der Waals surface area contributed by atoms with Gasteiger partial charge in [-0.3, -0.25) is 9.69 Å². The number of carboxylic acid groups (broad SMARTS) is 1. The first kappa shape index (κ1) is 13.1. The third kappa shape index (κ3) is 3.55. The Balaban J connectivity index is 2.03. The summed E-state index contributed by atoms with van der Waals surface area (Å²) in [4.78, 5) is 13.1. The van der Waals surface area contributed by atoms with Crippen LogP contribution >= 0.6 is 0 Å². The highest BCUT2D eigenvalue weighted by Gasteiger charge is 2.27. The third-order valence-electron chi connectivity index (χ3n) is 3.49. The zero-order valence-corrected chi connectivity index (χ0v) is 10.5. The maximum Gasteiger partial charge on any atom is 0.304 e. The number of carbonyl (C=O) groups is 1. The Morgan fingerprint density at radius 3 is 2.72 bits per heavy atom. The summed E-state index contributed by atoms with van der Waals surface area (Å²) in [5.74, 6) is -0.728. The van der Waals surface area contributed by atoms with Crippen molar-refractivity contribution in [1.29, 1.82) is 0 Å². The lowest BCUT2D eigenvalue weighted by Gasteiger charge is -2.37. The molecule has 3 N–H and O–H groups in total. The average Bonchev–Trinajstić information content (AvgIpc) is 2.33. The normalized spacial score (nSPS) is 24.9. The SMILES string of the molecule is NC1CCC(CC(=O)O)N(Cc2ccccc2)C1. The number of likely N-dealkylation sites (tertiary alicyclic amines) is 1. The zero-order chi connectivity index (χ0) is 13.0. The fraction of sp³-hybridized carbons (Fsp3) is 0.500. The second-order valence-electron chi connectivity index (χ2n) is 5.00. The molecule has 0 radical (unpaired) electrons. The summed E-state index contributed by atoms with van der Waals surface area (Å²) in [6.07, 6.45) is 2.00. The molecule has 4 nitrogen and oxygen atoms in total. The molecule has 1 heterocycles. The Morgan fingerprint density at radius 1 is 1.33 bits per heavy atom. The van der Waals surface area contributed by atoms with E-state index in [9.17, 15) is 4.79 Å². The zero-order valence-electron chi connectivity index (χ0n) is 10.5. The summed E-state index contributed by atoms with van der Waals surface area (Å²) in [5.41, 5.74) is 7.19. The molecule has 18 heavy (non-hydrogen) atoms. The standard InChI is InChI=1S/C14H20N2O2/c15-12-6-7-13(8-14(17)18)16(10-12)9-11-4-2-1-3-5-11/h1-5,12-13H,6-10,15H2,(H,17,18). The Kier molecular flexibility index (Phi) is 4.33. The van der Waals surface area contributed by atoms with E-state index in [4.69, 9.17) is 10.8 Å². The van der Waals surface area contributed by atoms with Gasteiger partial charge in [-0.2, -0.15) is 0 Å². The van der Waals surface area contributed by atoms with Crippen molar-refractivity contribution in [3.05, 3.63) is 35.9 Å². The van der Waals surface area contributed by atoms with Crippen molar-refractivity contribution in [2.45, 2.75) is 37.9 Å². The van der Waals surface area contributed by atoms with Crippen LogP contribution in [0.5, 0.6) is 0 Å². The van der Waals surface area contributed by atoms with Crippen LogP contribution in [0.1, 0.15) is 24.8 Å². The number of aliphatic carboxylic acids is 1. The van der Waals surface area contributed by atoms with Crippen LogP contribution in [0.4, 0.5) is 0 Å². The number of benzene rings is 1. The van der Waals surface area contributed by atoms with Gasteiger partial charge in [0.15, 0.2) is 0 Å². The highest BCUT2D eigenvalue weighted by molar-refractivity contribution is 5.67. The van der Waals surface area contributed by atoms with Gasteiger partial charge < -0.3 is 10.8 Å².